The number of benzene rings is 2. The second-order valence-corrected chi connectivity index (χ2v) is 10.9. The fraction of sp³-hybridized carbons (Fsp3) is 0.364. The summed E-state index contributed by atoms with van der Waals surface area (Å²) in [7, 11) is 0. The van der Waals surface area contributed by atoms with E-state index in [0.717, 1.165) is 23.3 Å². The van der Waals surface area contributed by atoms with Crippen molar-refractivity contribution in [2.45, 2.75) is 59.2 Å². The molecular formula is C33H36N2O6. The van der Waals surface area contributed by atoms with Gasteiger partial charge in [-0.3, -0.25) is 9.59 Å². The summed E-state index contributed by atoms with van der Waals surface area (Å²) in [6.45, 7) is 9.21. The average molecular weight is 557 g/mol. The Bertz CT molecular complexity index is 1470. The maximum Gasteiger partial charge on any atom is 0.295 e. The molecule has 2 atom stereocenters. The van der Waals surface area contributed by atoms with Crippen LogP contribution < -0.4 is 24.3 Å². The molecule has 3 heterocycles. The Morgan fingerprint density at radius 2 is 1.85 bits per heavy atom. The van der Waals surface area contributed by atoms with Crippen LogP contribution in [0.4, 0.5) is 0 Å². The lowest BCUT2D eigenvalue weighted by Crippen LogP contribution is -2.29. The van der Waals surface area contributed by atoms with Gasteiger partial charge in [-0.25, -0.2) is 4.98 Å². The summed E-state index contributed by atoms with van der Waals surface area (Å²) >= 11 is 0. The van der Waals surface area contributed by atoms with E-state index in [1.54, 1.807) is 48.8 Å². The Labute approximate surface area is 240 Å². The van der Waals surface area contributed by atoms with Crippen LogP contribution in [0, 0.1) is 5.92 Å². The molecule has 8 nitrogen and oxygen atoms in total. The highest BCUT2D eigenvalue weighted by molar-refractivity contribution is 6.46. The number of rotatable bonds is 10. The molecule has 5 rings (SSSR count). The standard InChI is InChI=1S/C33H36N2O6/c1-5-39-28-18-23(6-9-27(28)40-15-12-20(2)3)30-29(31(36)24-7-8-26-25(17-24)16-21(4)41-26)32(37)33(38)35(30)19-22-10-13-34-14-11-22/h6-11,13-14,17-18,20-21,30,36H,5,12,15-16,19H2,1-4H3. The van der Waals surface area contributed by atoms with Crippen LogP contribution in [0.25, 0.3) is 5.76 Å². The SMILES string of the molecule is CCOc1cc(C2C(=C([O-])c3ccc4c(c3)CC(C)O4)C(=O)C(=O)N2Cc2cc[nH+]cc2)ccc1OCCC(C)C. The number of carbonyl (C=O) groups is 2. The van der Waals surface area contributed by atoms with E-state index < -0.39 is 23.5 Å². The molecule has 1 N–H and O–H groups in total. The van der Waals surface area contributed by atoms with E-state index in [0.29, 0.717) is 48.2 Å². The van der Waals surface area contributed by atoms with Crippen molar-refractivity contribution in [1.82, 2.24) is 4.90 Å². The van der Waals surface area contributed by atoms with Gasteiger partial charge in [0.2, 0.25) is 5.78 Å². The molecule has 0 saturated carbocycles. The lowest BCUT2D eigenvalue weighted by atomic mass is 9.94. The molecule has 1 aromatic heterocycles. The molecule has 2 aliphatic heterocycles. The number of nitrogens with one attached hydrogen (secondary N) is 1. The van der Waals surface area contributed by atoms with Gasteiger partial charge >= 0.3 is 0 Å². The van der Waals surface area contributed by atoms with Gasteiger partial charge < -0.3 is 24.2 Å². The predicted octanol–water partition coefficient (Wildman–Crippen LogP) is 4.07. The number of likely N-dealkylation sites (tertiary alicyclic amines) is 1. The molecule has 0 bridgehead atoms. The summed E-state index contributed by atoms with van der Waals surface area (Å²) in [5, 5.41) is 14.0. The van der Waals surface area contributed by atoms with E-state index in [1.165, 1.54) is 4.90 Å². The van der Waals surface area contributed by atoms with Crippen molar-refractivity contribution < 1.29 is 33.9 Å². The minimum absolute atomic E-state index is 0.0160. The van der Waals surface area contributed by atoms with Gasteiger partial charge in [-0.2, -0.15) is 0 Å². The van der Waals surface area contributed by atoms with Crippen LogP contribution in [0.3, 0.4) is 0 Å². The molecule has 0 spiro atoms. The number of fused-ring (bicyclic) bond motifs is 1. The largest absolute Gasteiger partial charge is 0.872 e. The molecule has 8 heteroatoms. The molecule has 1 amide bonds. The topological polar surface area (TPSA) is 102 Å². The maximum atomic E-state index is 14.0. The second-order valence-electron chi connectivity index (χ2n) is 10.9. The molecule has 2 unspecified atom stereocenters. The van der Waals surface area contributed by atoms with Gasteiger partial charge in [0.15, 0.2) is 23.9 Å². The molecule has 214 valence electrons. The van der Waals surface area contributed by atoms with E-state index in [4.69, 9.17) is 14.2 Å². The van der Waals surface area contributed by atoms with Crippen LogP contribution in [0.15, 0.2) is 66.5 Å². The van der Waals surface area contributed by atoms with Crippen molar-refractivity contribution in [2.24, 2.45) is 5.92 Å². The van der Waals surface area contributed by atoms with Crippen LogP contribution in [0.5, 0.6) is 17.2 Å². The van der Waals surface area contributed by atoms with Crippen LogP contribution in [0.2, 0.25) is 0 Å². The van der Waals surface area contributed by atoms with Crippen molar-refractivity contribution in [3.63, 3.8) is 0 Å². The zero-order valence-corrected chi connectivity index (χ0v) is 23.9. The van der Waals surface area contributed by atoms with Gasteiger partial charge in [0.05, 0.1) is 19.3 Å². The second kappa shape index (κ2) is 12.0. The number of ether oxygens (including phenoxy) is 3. The van der Waals surface area contributed by atoms with Crippen LogP contribution in [-0.4, -0.2) is 35.9 Å². The van der Waals surface area contributed by atoms with Crippen LogP contribution in [0.1, 0.15) is 62.4 Å². The number of pyridine rings is 1. The number of amides is 1. The van der Waals surface area contributed by atoms with E-state index in [9.17, 15) is 14.7 Å². The van der Waals surface area contributed by atoms with Crippen molar-refractivity contribution in [1.29, 1.82) is 0 Å². The van der Waals surface area contributed by atoms with Crippen LogP contribution >= 0.6 is 0 Å². The highest BCUT2D eigenvalue weighted by atomic mass is 16.5. The number of Topliss-reactive ketones (excluding diaryl/α,β-unsaturated/α-hetero) is 1. The molecule has 0 radical (unpaired) electrons. The normalized spacial score (nSPS) is 19.4. The molecule has 41 heavy (non-hydrogen) atoms. The Morgan fingerprint density at radius 3 is 2.59 bits per heavy atom. The quantitative estimate of drug-likeness (QED) is 0.212. The fourth-order valence-electron chi connectivity index (χ4n) is 5.31. The fourth-order valence-corrected chi connectivity index (χ4v) is 5.31. The van der Waals surface area contributed by atoms with Crippen molar-refractivity contribution >= 4 is 17.4 Å². The highest BCUT2D eigenvalue weighted by Gasteiger charge is 2.44. The Balaban J connectivity index is 1.60. The van der Waals surface area contributed by atoms with Gasteiger partial charge in [0.1, 0.15) is 11.9 Å². The summed E-state index contributed by atoms with van der Waals surface area (Å²) in [5.74, 6) is 0.350. The van der Waals surface area contributed by atoms with Crippen molar-refractivity contribution in [3.05, 3.63) is 88.8 Å². The third kappa shape index (κ3) is 5.92. The number of hydrogen-bond donors (Lipinski definition) is 0. The average Bonchev–Trinajstić information content (AvgIpc) is 3.45. The minimum atomic E-state index is -0.890. The summed E-state index contributed by atoms with van der Waals surface area (Å²) < 4.78 is 17.7. The number of nitrogens with zero attached hydrogens (tertiary/aromatic N) is 1. The zero-order chi connectivity index (χ0) is 29.1. The first kappa shape index (κ1) is 28.2. The molecule has 1 fully saturated rings. The smallest absolute Gasteiger partial charge is 0.295 e. The summed E-state index contributed by atoms with van der Waals surface area (Å²) in [6.07, 6.45) is 5.09. The van der Waals surface area contributed by atoms with E-state index in [-0.39, 0.29) is 18.2 Å². The first-order valence-corrected chi connectivity index (χ1v) is 14.2. The number of ketones is 1. The number of aromatic nitrogens is 1. The number of aromatic amines is 1. The van der Waals surface area contributed by atoms with Gasteiger partial charge in [0.25, 0.3) is 5.91 Å². The third-order valence-corrected chi connectivity index (χ3v) is 7.36. The number of H-pyrrole nitrogens is 1. The van der Waals surface area contributed by atoms with Gasteiger partial charge in [0, 0.05) is 30.7 Å². The highest BCUT2D eigenvalue weighted by Crippen LogP contribution is 2.43. The molecule has 0 aliphatic carbocycles. The number of carbonyl (C=O) groups excluding carboxylic acids is 2. The lowest BCUT2D eigenvalue weighted by molar-refractivity contribution is -0.378. The van der Waals surface area contributed by atoms with Crippen molar-refractivity contribution in [3.8, 4) is 17.2 Å². The zero-order valence-electron chi connectivity index (χ0n) is 23.9. The number of hydrogen-bond acceptors (Lipinski definition) is 6. The summed E-state index contributed by atoms with van der Waals surface area (Å²) in [4.78, 5) is 31.4. The Kier molecular flexibility index (Phi) is 8.28. The summed E-state index contributed by atoms with van der Waals surface area (Å²) in [5.41, 5.74) is 2.63. The van der Waals surface area contributed by atoms with Crippen LogP contribution in [-0.2, 0) is 22.6 Å². The Morgan fingerprint density at radius 1 is 1.07 bits per heavy atom. The molecule has 1 saturated heterocycles. The Hall–Kier alpha value is -4.33. The van der Waals surface area contributed by atoms with E-state index >= 15 is 0 Å². The van der Waals surface area contributed by atoms with E-state index in [2.05, 4.69) is 18.8 Å². The first-order valence-electron chi connectivity index (χ1n) is 14.2. The molecule has 2 aromatic carbocycles. The summed E-state index contributed by atoms with van der Waals surface area (Å²) in [6, 6.07) is 13.4. The lowest BCUT2D eigenvalue weighted by Gasteiger charge is -2.28. The van der Waals surface area contributed by atoms with Gasteiger partial charge in [-0.1, -0.05) is 31.7 Å². The van der Waals surface area contributed by atoms with Crippen molar-refractivity contribution in [2.75, 3.05) is 13.2 Å². The third-order valence-electron chi connectivity index (χ3n) is 7.36. The molecule has 3 aromatic rings. The maximum absolute atomic E-state index is 14.0. The monoisotopic (exact) mass is 556 g/mol. The predicted molar refractivity (Wildman–Crippen MR) is 151 cm³/mol. The molecular weight excluding hydrogens is 520 g/mol. The van der Waals surface area contributed by atoms with Gasteiger partial charge in [-0.15, -0.1) is 0 Å². The van der Waals surface area contributed by atoms with Gasteiger partial charge in [-0.05, 0) is 72.7 Å². The first-order chi connectivity index (χ1) is 19.8. The minimum Gasteiger partial charge on any atom is -0.872 e. The van der Waals surface area contributed by atoms with E-state index in [1.807, 2.05) is 26.0 Å². The molecule has 2 aliphatic rings.